The van der Waals surface area contributed by atoms with Gasteiger partial charge in [-0.1, -0.05) is 42.7 Å². The summed E-state index contributed by atoms with van der Waals surface area (Å²) in [7, 11) is 1.76. The van der Waals surface area contributed by atoms with Crippen molar-refractivity contribution in [1.82, 2.24) is 5.32 Å². The third-order valence-electron chi connectivity index (χ3n) is 4.92. The van der Waals surface area contributed by atoms with Crippen LogP contribution >= 0.6 is 0 Å². The van der Waals surface area contributed by atoms with Crippen LogP contribution in [-0.4, -0.2) is 26.8 Å². The summed E-state index contributed by atoms with van der Waals surface area (Å²) in [6.45, 7) is 9.64. The fourth-order valence-electron chi connectivity index (χ4n) is 3.79. The monoisotopic (exact) mass is 275 g/mol. The van der Waals surface area contributed by atoms with Gasteiger partial charge < -0.3 is 10.1 Å². The topological polar surface area (TPSA) is 21.3 Å². The maximum atomic E-state index is 5.15. The molecule has 0 aliphatic heterocycles. The smallest absolute Gasteiger partial charge is 0.0587 e. The molecular weight excluding hydrogens is 246 g/mol. The van der Waals surface area contributed by atoms with Crippen LogP contribution in [0.15, 0.2) is 18.2 Å². The fourth-order valence-corrected chi connectivity index (χ4v) is 3.79. The number of benzene rings is 1. The van der Waals surface area contributed by atoms with E-state index < -0.39 is 0 Å². The van der Waals surface area contributed by atoms with Crippen molar-refractivity contribution in [1.29, 1.82) is 0 Å². The number of aryl methyl sites for hydroxylation is 2. The van der Waals surface area contributed by atoms with Crippen LogP contribution in [0, 0.1) is 19.8 Å². The molecule has 2 rings (SSSR count). The van der Waals surface area contributed by atoms with Gasteiger partial charge in [0.15, 0.2) is 0 Å². The Bertz CT molecular complexity index is 423. The van der Waals surface area contributed by atoms with E-state index in [1.807, 2.05) is 0 Å². The van der Waals surface area contributed by atoms with Crippen LogP contribution in [0.1, 0.15) is 42.9 Å². The van der Waals surface area contributed by atoms with E-state index in [0.717, 1.165) is 25.6 Å². The van der Waals surface area contributed by atoms with Gasteiger partial charge in [-0.15, -0.1) is 0 Å². The second-order valence-electron chi connectivity index (χ2n) is 6.50. The first-order chi connectivity index (χ1) is 9.58. The molecule has 2 nitrogen and oxygen atoms in total. The summed E-state index contributed by atoms with van der Waals surface area (Å²) < 4.78 is 5.15. The summed E-state index contributed by atoms with van der Waals surface area (Å²) in [5, 5.41) is 3.61. The molecule has 2 heteroatoms. The molecule has 0 saturated heterocycles. The first-order valence-corrected chi connectivity index (χ1v) is 7.87. The number of nitrogens with one attached hydrogen (secondary N) is 1. The van der Waals surface area contributed by atoms with E-state index in [4.69, 9.17) is 4.74 Å². The molecule has 2 unspecified atom stereocenters. The van der Waals surface area contributed by atoms with Crippen LogP contribution in [-0.2, 0) is 10.2 Å². The highest BCUT2D eigenvalue weighted by molar-refractivity contribution is 5.36. The van der Waals surface area contributed by atoms with E-state index in [1.165, 1.54) is 36.0 Å². The Balaban J connectivity index is 2.22. The Hall–Kier alpha value is -0.860. The molecule has 1 aliphatic rings. The third kappa shape index (κ3) is 3.24. The van der Waals surface area contributed by atoms with Gasteiger partial charge >= 0.3 is 0 Å². The zero-order valence-corrected chi connectivity index (χ0v) is 13.5. The zero-order chi connectivity index (χ0) is 14.6. The van der Waals surface area contributed by atoms with E-state index >= 15 is 0 Å². The van der Waals surface area contributed by atoms with Crippen LogP contribution in [0.4, 0.5) is 0 Å². The quantitative estimate of drug-likeness (QED) is 0.801. The molecule has 0 spiro atoms. The van der Waals surface area contributed by atoms with Gasteiger partial charge in [-0.2, -0.15) is 0 Å². The number of rotatable bonds is 6. The van der Waals surface area contributed by atoms with Crippen LogP contribution < -0.4 is 5.32 Å². The Morgan fingerprint density at radius 3 is 2.50 bits per heavy atom. The molecule has 0 bridgehead atoms. The van der Waals surface area contributed by atoms with Gasteiger partial charge in [-0.3, -0.25) is 0 Å². The van der Waals surface area contributed by atoms with Crippen LogP contribution in [0.25, 0.3) is 0 Å². The SMILES string of the molecule is COCCNCC1(c2cc(C)cc(C)c2)CCCC1C. The molecule has 1 saturated carbocycles. The maximum Gasteiger partial charge on any atom is 0.0587 e. The van der Waals surface area contributed by atoms with Crippen molar-refractivity contribution in [2.24, 2.45) is 5.92 Å². The van der Waals surface area contributed by atoms with Gasteiger partial charge in [0.2, 0.25) is 0 Å². The second-order valence-corrected chi connectivity index (χ2v) is 6.50. The highest BCUT2D eigenvalue weighted by atomic mass is 16.5. The molecule has 0 radical (unpaired) electrons. The van der Waals surface area contributed by atoms with Gasteiger partial charge in [0.25, 0.3) is 0 Å². The number of hydrogen-bond acceptors (Lipinski definition) is 2. The van der Waals surface area contributed by atoms with Crippen LogP contribution in [0.3, 0.4) is 0 Å². The maximum absolute atomic E-state index is 5.15. The van der Waals surface area contributed by atoms with E-state index in [9.17, 15) is 0 Å². The molecule has 1 aliphatic carbocycles. The van der Waals surface area contributed by atoms with Gasteiger partial charge in [0.05, 0.1) is 6.61 Å². The summed E-state index contributed by atoms with van der Waals surface area (Å²) in [6.07, 6.45) is 4.00. The van der Waals surface area contributed by atoms with Crippen molar-refractivity contribution in [2.45, 2.75) is 45.4 Å². The zero-order valence-electron chi connectivity index (χ0n) is 13.5. The predicted molar refractivity (Wildman–Crippen MR) is 85.4 cm³/mol. The normalized spacial score (nSPS) is 26.1. The average molecular weight is 275 g/mol. The fraction of sp³-hybridized carbons (Fsp3) is 0.667. The molecule has 2 atom stereocenters. The van der Waals surface area contributed by atoms with Gasteiger partial charge in [0, 0.05) is 25.6 Å². The summed E-state index contributed by atoms with van der Waals surface area (Å²) in [6, 6.07) is 7.06. The van der Waals surface area contributed by atoms with Crippen LogP contribution in [0.5, 0.6) is 0 Å². The largest absolute Gasteiger partial charge is 0.383 e. The molecule has 1 N–H and O–H groups in total. The molecule has 0 aromatic heterocycles. The number of ether oxygens (including phenoxy) is 1. The third-order valence-corrected chi connectivity index (χ3v) is 4.92. The molecule has 0 amide bonds. The van der Waals surface area contributed by atoms with Crippen LogP contribution in [0.2, 0.25) is 0 Å². The van der Waals surface area contributed by atoms with E-state index in [0.29, 0.717) is 5.41 Å². The van der Waals surface area contributed by atoms with Crippen molar-refractivity contribution >= 4 is 0 Å². The standard InChI is InChI=1S/C18H29NO/c1-14-10-15(2)12-17(11-14)18(7-5-6-16(18)3)13-19-8-9-20-4/h10-12,16,19H,5-9,13H2,1-4H3. The molecule has 20 heavy (non-hydrogen) atoms. The molecule has 0 heterocycles. The molecular formula is C18H29NO. The Morgan fingerprint density at radius 1 is 1.25 bits per heavy atom. The molecule has 112 valence electrons. The van der Waals surface area contributed by atoms with E-state index in [1.54, 1.807) is 7.11 Å². The molecule has 1 aromatic carbocycles. The van der Waals surface area contributed by atoms with E-state index in [2.05, 4.69) is 44.3 Å². The minimum absolute atomic E-state index is 0.310. The lowest BCUT2D eigenvalue weighted by molar-refractivity contribution is 0.194. The average Bonchev–Trinajstić information content (AvgIpc) is 2.76. The first kappa shape index (κ1) is 15.5. The van der Waals surface area contributed by atoms with Gasteiger partial charge in [-0.05, 0) is 38.2 Å². The minimum atomic E-state index is 0.310. The lowest BCUT2D eigenvalue weighted by Gasteiger charge is -2.35. The highest BCUT2D eigenvalue weighted by Crippen LogP contribution is 2.45. The highest BCUT2D eigenvalue weighted by Gasteiger charge is 2.41. The van der Waals surface area contributed by atoms with Gasteiger partial charge in [-0.25, -0.2) is 0 Å². The van der Waals surface area contributed by atoms with Crippen molar-refractivity contribution in [3.8, 4) is 0 Å². The van der Waals surface area contributed by atoms with Gasteiger partial charge in [0.1, 0.15) is 0 Å². The molecule has 1 aromatic rings. The molecule has 1 fully saturated rings. The summed E-state index contributed by atoms with van der Waals surface area (Å²) in [5.74, 6) is 0.749. The summed E-state index contributed by atoms with van der Waals surface area (Å²) in [5.41, 5.74) is 4.61. The van der Waals surface area contributed by atoms with Crippen molar-refractivity contribution in [2.75, 3.05) is 26.8 Å². The van der Waals surface area contributed by atoms with Crippen molar-refractivity contribution in [3.63, 3.8) is 0 Å². The number of methoxy groups -OCH3 is 1. The predicted octanol–water partition coefficient (Wildman–Crippen LogP) is 3.60. The Kier molecular flexibility index (Phi) is 5.22. The lowest BCUT2D eigenvalue weighted by atomic mass is 9.72. The number of hydrogen-bond donors (Lipinski definition) is 1. The Labute approximate surface area is 123 Å². The summed E-state index contributed by atoms with van der Waals surface area (Å²) in [4.78, 5) is 0. The summed E-state index contributed by atoms with van der Waals surface area (Å²) >= 11 is 0. The lowest BCUT2D eigenvalue weighted by Crippen LogP contribution is -2.41. The first-order valence-electron chi connectivity index (χ1n) is 7.87. The Morgan fingerprint density at radius 2 is 1.95 bits per heavy atom. The minimum Gasteiger partial charge on any atom is -0.383 e. The second kappa shape index (κ2) is 6.73. The van der Waals surface area contributed by atoms with Crippen molar-refractivity contribution < 1.29 is 4.74 Å². The van der Waals surface area contributed by atoms with Crippen molar-refractivity contribution in [3.05, 3.63) is 34.9 Å². The van der Waals surface area contributed by atoms with E-state index in [-0.39, 0.29) is 0 Å².